The van der Waals surface area contributed by atoms with E-state index in [-0.39, 0.29) is 18.3 Å². The first-order valence-electron chi connectivity index (χ1n) is 7.91. The van der Waals surface area contributed by atoms with Gasteiger partial charge in [-0.1, -0.05) is 19.1 Å². The number of hydrogen-bond acceptors (Lipinski definition) is 3. The van der Waals surface area contributed by atoms with E-state index in [0.717, 1.165) is 24.6 Å². The second kappa shape index (κ2) is 9.13. The van der Waals surface area contributed by atoms with Crippen molar-refractivity contribution >= 4 is 18.3 Å². The van der Waals surface area contributed by atoms with Gasteiger partial charge in [-0.05, 0) is 56.5 Å². The number of nitrogens with zero attached hydrogens (tertiary/aromatic N) is 1. The molecule has 0 bridgehead atoms. The molecule has 4 nitrogen and oxygen atoms in total. The molecule has 5 heteroatoms. The summed E-state index contributed by atoms with van der Waals surface area (Å²) < 4.78 is 0. The van der Waals surface area contributed by atoms with Crippen molar-refractivity contribution in [3.8, 4) is 0 Å². The molecular weight excluding hydrogens is 298 g/mol. The highest BCUT2D eigenvalue weighted by molar-refractivity contribution is 5.94. The Morgan fingerprint density at radius 2 is 1.91 bits per heavy atom. The van der Waals surface area contributed by atoms with Crippen LogP contribution < -0.4 is 11.1 Å². The number of halogens is 1. The van der Waals surface area contributed by atoms with Gasteiger partial charge in [-0.3, -0.25) is 9.69 Å². The molecule has 1 fully saturated rings. The third-order valence-electron chi connectivity index (χ3n) is 4.45. The number of nitrogens with two attached hydrogens (primary N) is 1. The fourth-order valence-electron chi connectivity index (χ4n) is 2.73. The minimum atomic E-state index is -0.00389. The Kier molecular flexibility index (Phi) is 7.87. The Bertz CT molecular complexity index is 455. The Hall–Kier alpha value is -1.10. The molecule has 0 aromatic heterocycles. The second-order valence-electron chi connectivity index (χ2n) is 6.18. The fraction of sp³-hybridized carbons (Fsp3) is 0.588. The minimum absolute atomic E-state index is 0. The van der Waals surface area contributed by atoms with Crippen molar-refractivity contribution in [2.24, 2.45) is 11.7 Å². The summed E-state index contributed by atoms with van der Waals surface area (Å²) in [5, 5.41) is 3.03. The molecule has 0 saturated carbocycles. The first-order valence-corrected chi connectivity index (χ1v) is 7.91. The van der Waals surface area contributed by atoms with Crippen LogP contribution in [0.5, 0.6) is 0 Å². The highest BCUT2D eigenvalue weighted by Gasteiger charge is 2.20. The van der Waals surface area contributed by atoms with Gasteiger partial charge in [0, 0.05) is 24.7 Å². The topological polar surface area (TPSA) is 58.4 Å². The van der Waals surface area contributed by atoms with Crippen molar-refractivity contribution < 1.29 is 4.79 Å². The first kappa shape index (κ1) is 18.9. The molecule has 1 aromatic rings. The van der Waals surface area contributed by atoms with Crippen molar-refractivity contribution in [3.05, 3.63) is 35.4 Å². The van der Waals surface area contributed by atoms with E-state index in [2.05, 4.69) is 24.1 Å². The standard InChI is InChI=1S/C17H27N3O.ClH/c1-13-7-9-20(10-8-13)14(2)12-19-17(21)16-5-3-15(11-18)4-6-16;/h3-6,13-14H,7-12,18H2,1-2H3,(H,19,21);1H. The zero-order valence-electron chi connectivity index (χ0n) is 13.5. The van der Waals surface area contributed by atoms with Crippen LogP contribution in [0.4, 0.5) is 0 Å². The van der Waals surface area contributed by atoms with Crippen LogP contribution in [-0.4, -0.2) is 36.5 Å². The number of amides is 1. The lowest BCUT2D eigenvalue weighted by atomic mass is 9.98. The monoisotopic (exact) mass is 325 g/mol. The Morgan fingerprint density at radius 3 is 2.45 bits per heavy atom. The lowest BCUT2D eigenvalue weighted by molar-refractivity contribution is 0.0921. The van der Waals surface area contributed by atoms with E-state index >= 15 is 0 Å². The highest BCUT2D eigenvalue weighted by Crippen LogP contribution is 2.17. The molecule has 0 spiro atoms. The van der Waals surface area contributed by atoms with E-state index in [1.54, 1.807) is 0 Å². The molecule has 1 aliphatic heterocycles. The van der Waals surface area contributed by atoms with Crippen molar-refractivity contribution in [2.75, 3.05) is 19.6 Å². The molecule has 2 rings (SSSR count). The molecule has 1 saturated heterocycles. The summed E-state index contributed by atoms with van der Waals surface area (Å²) in [6.07, 6.45) is 2.53. The summed E-state index contributed by atoms with van der Waals surface area (Å²) in [4.78, 5) is 14.6. The molecule has 1 aromatic carbocycles. The predicted molar refractivity (Wildman–Crippen MR) is 93.3 cm³/mol. The number of carbonyl (C=O) groups is 1. The van der Waals surface area contributed by atoms with E-state index < -0.39 is 0 Å². The number of nitrogens with one attached hydrogen (secondary N) is 1. The molecule has 0 aliphatic carbocycles. The van der Waals surface area contributed by atoms with Crippen LogP contribution >= 0.6 is 12.4 Å². The highest BCUT2D eigenvalue weighted by atomic mass is 35.5. The quantitative estimate of drug-likeness (QED) is 0.874. The Labute approximate surface area is 139 Å². The van der Waals surface area contributed by atoms with E-state index in [1.807, 2.05) is 24.3 Å². The SMILES string of the molecule is CC1CCN(C(C)CNC(=O)c2ccc(CN)cc2)CC1.Cl. The summed E-state index contributed by atoms with van der Waals surface area (Å²) >= 11 is 0. The maximum atomic E-state index is 12.1. The Balaban J connectivity index is 0.00000242. The van der Waals surface area contributed by atoms with E-state index in [4.69, 9.17) is 5.73 Å². The predicted octanol–water partition coefficient (Wildman–Crippen LogP) is 2.42. The van der Waals surface area contributed by atoms with Gasteiger partial charge in [-0.25, -0.2) is 0 Å². The van der Waals surface area contributed by atoms with Gasteiger partial charge in [-0.15, -0.1) is 12.4 Å². The number of benzene rings is 1. The molecule has 1 aliphatic rings. The number of hydrogen-bond donors (Lipinski definition) is 2. The largest absolute Gasteiger partial charge is 0.350 e. The molecule has 0 radical (unpaired) electrons. The van der Waals surface area contributed by atoms with Crippen LogP contribution in [0.15, 0.2) is 24.3 Å². The Morgan fingerprint density at radius 1 is 1.32 bits per heavy atom. The van der Waals surface area contributed by atoms with Crippen molar-refractivity contribution in [1.29, 1.82) is 0 Å². The molecule has 1 unspecified atom stereocenters. The average molecular weight is 326 g/mol. The van der Waals surface area contributed by atoms with Crippen LogP contribution in [0.2, 0.25) is 0 Å². The van der Waals surface area contributed by atoms with Crippen LogP contribution in [-0.2, 0) is 6.54 Å². The number of likely N-dealkylation sites (tertiary alicyclic amines) is 1. The van der Waals surface area contributed by atoms with Gasteiger partial charge in [0.05, 0.1) is 0 Å². The fourth-order valence-corrected chi connectivity index (χ4v) is 2.73. The summed E-state index contributed by atoms with van der Waals surface area (Å²) in [6.45, 7) is 7.99. The van der Waals surface area contributed by atoms with Crippen molar-refractivity contribution in [1.82, 2.24) is 10.2 Å². The molecule has 22 heavy (non-hydrogen) atoms. The van der Waals surface area contributed by atoms with E-state index in [1.165, 1.54) is 12.8 Å². The van der Waals surface area contributed by atoms with Crippen LogP contribution in [0.25, 0.3) is 0 Å². The maximum Gasteiger partial charge on any atom is 0.251 e. The number of rotatable bonds is 5. The van der Waals surface area contributed by atoms with Gasteiger partial charge >= 0.3 is 0 Å². The van der Waals surface area contributed by atoms with E-state index in [0.29, 0.717) is 24.7 Å². The lowest BCUT2D eigenvalue weighted by Gasteiger charge is -2.35. The van der Waals surface area contributed by atoms with Crippen molar-refractivity contribution in [3.63, 3.8) is 0 Å². The van der Waals surface area contributed by atoms with Gasteiger partial charge in [0.2, 0.25) is 0 Å². The zero-order chi connectivity index (χ0) is 15.2. The molecule has 3 N–H and O–H groups in total. The summed E-state index contributed by atoms with van der Waals surface area (Å²) in [5.74, 6) is 0.833. The number of piperidine rings is 1. The zero-order valence-corrected chi connectivity index (χ0v) is 14.4. The maximum absolute atomic E-state index is 12.1. The van der Waals surface area contributed by atoms with Gasteiger partial charge in [0.1, 0.15) is 0 Å². The average Bonchev–Trinajstić information content (AvgIpc) is 2.53. The van der Waals surface area contributed by atoms with Gasteiger partial charge < -0.3 is 11.1 Å². The van der Waals surface area contributed by atoms with Gasteiger partial charge in [-0.2, -0.15) is 0 Å². The van der Waals surface area contributed by atoms with E-state index in [9.17, 15) is 4.79 Å². The molecule has 1 atom stereocenters. The third-order valence-corrected chi connectivity index (χ3v) is 4.45. The smallest absolute Gasteiger partial charge is 0.251 e. The molecule has 124 valence electrons. The summed E-state index contributed by atoms with van der Waals surface area (Å²) in [5.41, 5.74) is 7.31. The molecule has 1 amide bonds. The number of carbonyl (C=O) groups excluding carboxylic acids is 1. The second-order valence-corrected chi connectivity index (χ2v) is 6.18. The third kappa shape index (κ3) is 5.27. The first-order chi connectivity index (χ1) is 10.1. The summed E-state index contributed by atoms with van der Waals surface area (Å²) in [7, 11) is 0. The van der Waals surface area contributed by atoms with Gasteiger partial charge in [0.15, 0.2) is 0 Å². The van der Waals surface area contributed by atoms with Crippen LogP contribution in [0, 0.1) is 5.92 Å². The van der Waals surface area contributed by atoms with Crippen LogP contribution in [0.1, 0.15) is 42.6 Å². The normalized spacial score (nSPS) is 17.6. The lowest BCUT2D eigenvalue weighted by Crippen LogP contribution is -2.45. The molecular formula is C17H28ClN3O. The van der Waals surface area contributed by atoms with Gasteiger partial charge in [0.25, 0.3) is 5.91 Å². The summed E-state index contributed by atoms with van der Waals surface area (Å²) in [6, 6.07) is 7.88. The minimum Gasteiger partial charge on any atom is -0.350 e. The van der Waals surface area contributed by atoms with Crippen molar-refractivity contribution in [2.45, 2.75) is 39.3 Å². The van der Waals surface area contributed by atoms with Crippen LogP contribution in [0.3, 0.4) is 0 Å². The molecule has 1 heterocycles.